The molecule has 1 aromatic carbocycles. The summed E-state index contributed by atoms with van der Waals surface area (Å²) in [5, 5.41) is 3.36. The Hall–Kier alpha value is -1.09. The Kier molecular flexibility index (Phi) is 4.23. The standard InChI is InChI=1S/C15H23FN2/c1-11(2)17-9-13-5-4-6-14(16)15(13)18(3)10-12-7-8-12/h4-6,11-12,17H,7-10H2,1-3H3. The van der Waals surface area contributed by atoms with Crippen molar-refractivity contribution in [3.8, 4) is 0 Å². The zero-order valence-corrected chi connectivity index (χ0v) is 11.5. The topological polar surface area (TPSA) is 15.3 Å². The van der Waals surface area contributed by atoms with Crippen LogP contribution in [0.1, 0.15) is 32.3 Å². The first kappa shape index (κ1) is 13.3. The molecule has 0 bridgehead atoms. The predicted octanol–water partition coefficient (Wildman–Crippen LogP) is 3.17. The number of para-hydroxylation sites is 1. The third-order valence-electron chi connectivity index (χ3n) is 3.38. The molecule has 0 spiro atoms. The molecule has 0 radical (unpaired) electrons. The van der Waals surface area contributed by atoms with E-state index in [1.807, 2.05) is 13.1 Å². The molecule has 2 nitrogen and oxygen atoms in total. The van der Waals surface area contributed by atoms with Crippen LogP contribution >= 0.6 is 0 Å². The van der Waals surface area contributed by atoms with Crippen molar-refractivity contribution in [3.63, 3.8) is 0 Å². The first-order valence-electron chi connectivity index (χ1n) is 6.80. The molecule has 1 aromatic rings. The normalized spacial score (nSPS) is 15.2. The Bertz CT molecular complexity index is 399. The summed E-state index contributed by atoms with van der Waals surface area (Å²) >= 11 is 0. The van der Waals surface area contributed by atoms with Gasteiger partial charge in [0.25, 0.3) is 0 Å². The maximum absolute atomic E-state index is 14.0. The van der Waals surface area contributed by atoms with E-state index in [1.54, 1.807) is 12.1 Å². The lowest BCUT2D eigenvalue weighted by atomic mass is 10.1. The molecule has 0 aromatic heterocycles. The van der Waals surface area contributed by atoms with Crippen molar-refractivity contribution in [2.45, 2.75) is 39.3 Å². The number of hydrogen-bond acceptors (Lipinski definition) is 2. The van der Waals surface area contributed by atoms with Gasteiger partial charge in [0.1, 0.15) is 5.82 Å². The van der Waals surface area contributed by atoms with Gasteiger partial charge in [0.15, 0.2) is 0 Å². The summed E-state index contributed by atoms with van der Waals surface area (Å²) in [5.74, 6) is 0.654. The molecule has 0 unspecified atom stereocenters. The van der Waals surface area contributed by atoms with Gasteiger partial charge in [-0.3, -0.25) is 0 Å². The van der Waals surface area contributed by atoms with Crippen LogP contribution in [0.2, 0.25) is 0 Å². The number of hydrogen-bond donors (Lipinski definition) is 1. The quantitative estimate of drug-likeness (QED) is 0.834. The third-order valence-corrected chi connectivity index (χ3v) is 3.38. The van der Waals surface area contributed by atoms with Crippen LogP contribution in [0.5, 0.6) is 0 Å². The van der Waals surface area contributed by atoms with E-state index in [0.29, 0.717) is 6.04 Å². The van der Waals surface area contributed by atoms with Gasteiger partial charge < -0.3 is 10.2 Å². The van der Waals surface area contributed by atoms with Crippen LogP contribution in [0.15, 0.2) is 18.2 Å². The minimum Gasteiger partial charge on any atom is -0.372 e. The van der Waals surface area contributed by atoms with Crippen LogP contribution in [0.3, 0.4) is 0 Å². The highest BCUT2D eigenvalue weighted by atomic mass is 19.1. The van der Waals surface area contributed by atoms with Crippen LogP contribution in [-0.4, -0.2) is 19.6 Å². The van der Waals surface area contributed by atoms with Gasteiger partial charge in [0.05, 0.1) is 5.69 Å². The van der Waals surface area contributed by atoms with Gasteiger partial charge in [-0.05, 0) is 30.4 Å². The molecule has 0 saturated heterocycles. The first-order chi connectivity index (χ1) is 8.58. The highest BCUT2D eigenvalue weighted by Gasteiger charge is 2.24. The largest absolute Gasteiger partial charge is 0.372 e. The molecule has 1 aliphatic rings. The molecule has 0 heterocycles. The maximum Gasteiger partial charge on any atom is 0.146 e. The Balaban J connectivity index is 2.13. The van der Waals surface area contributed by atoms with Crippen molar-refractivity contribution in [1.82, 2.24) is 5.32 Å². The van der Waals surface area contributed by atoms with Gasteiger partial charge in [-0.1, -0.05) is 26.0 Å². The van der Waals surface area contributed by atoms with E-state index < -0.39 is 0 Å². The summed E-state index contributed by atoms with van der Waals surface area (Å²) in [6.45, 7) is 5.90. The average Bonchev–Trinajstić information content (AvgIpc) is 3.09. The Morgan fingerprint density at radius 1 is 1.39 bits per heavy atom. The summed E-state index contributed by atoms with van der Waals surface area (Å²) in [6.07, 6.45) is 2.58. The smallest absolute Gasteiger partial charge is 0.146 e. The third kappa shape index (κ3) is 3.45. The molecular formula is C15H23FN2. The van der Waals surface area contributed by atoms with Gasteiger partial charge in [0.2, 0.25) is 0 Å². The molecule has 100 valence electrons. The number of nitrogens with one attached hydrogen (secondary N) is 1. The number of rotatable bonds is 6. The van der Waals surface area contributed by atoms with E-state index in [4.69, 9.17) is 0 Å². The molecular weight excluding hydrogens is 227 g/mol. The zero-order chi connectivity index (χ0) is 13.1. The maximum atomic E-state index is 14.0. The fraction of sp³-hybridized carbons (Fsp3) is 0.600. The number of benzene rings is 1. The lowest BCUT2D eigenvalue weighted by Gasteiger charge is -2.23. The van der Waals surface area contributed by atoms with Crippen molar-refractivity contribution < 1.29 is 4.39 Å². The Labute approximate surface area is 109 Å². The summed E-state index contributed by atoms with van der Waals surface area (Å²) in [4.78, 5) is 2.07. The zero-order valence-electron chi connectivity index (χ0n) is 11.5. The van der Waals surface area contributed by atoms with E-state index in [-0.39, 0.29) is 5.82 Å². The second-order valence-electron chi connectivity index (χ2n) is 5.61. The number of nitrogens with zero attached hydrogens (tertiary/aromatic N) is 1. The number of halogens is 1. The first-order valence-corrected chi connectivity index (χ1v) is 6.80. The van der Waals surface area contributed by atoms with Gasteiger partial charge in [-0.2, -0.15) is 0 Å². The molecule has 0 atom stereocenters. The van der Waals surface area contributed by atoms with Crippen LogP contribution in [0.4, 0.5) is 10.1 Å². The van der Waals surface area contributed by atoms with E-state index >= 15 is 0 Å². The van der Waals surface area contributed by atoms with Crippen molar-refractivity contribution in [3.05, 3.63) is 29.6 Å². The highest BCUT2D eigenvalue weighted by Crippen LogP contribution is 2.32. The summed E-state index contributed by atoms with van der Waals surface area (Å²) in [6, 6.07) is 5.77. The van der Waals surface area contributed by atoms with Crippen LogP contribution in [-0.2, 0) is 6.54 Å². The lowest BCUT2D eigenvalue weighted by Crippen LogP contribution is -2.26. The second-order valence-corrected chi connectivity index (χ2v) is 5.61. The highest BCUT2D eigenvalue weighted by molar-refractivity contribution is 5.54. The second kappa shape index (κ2) is 5.70. The summed E-state index contributed by atoms with van der Waals surface area (Å²) in [5.41, 5.74) is 1.81. The van der Waals surface area contributed by atoms with Gasteiger partial charge in [-0.15, -0.1) is 0 Å². The SMILES string of the molecule is CC(C)NCc1cccc(F)c1N(C)CC1CC1. The monoisotopic (exact) mass is 250 g/mol. The van der Waals surface area contributed by atoms with Crippen molar-refractivity contribution in [1.29, 1.82) is 0 Å². The molecule has 1 saturated carbocycles. The van der Waals surface area contributed by atoms with Gasteiger partial charge >= 0.3 is 0 Å². The molecule has 1 N–H and O–H groups in total. The van der Waals surface area contributed by atoms with Crippen molar-refractivity contribution >= 4 is 5.69 Å². The Morgan fingerprint density at radius 2 is 2.11 bits per heavy atom. The lowest BCUT2D eigenvalue weighted by molar-refractivity contribution is 0.578. The molecule has 3 heteroatoms. The molecule has 0 amide bonds. The van der Waals surface area contributed by atoms with Crippen LogP contribution in [0, 0.1) is 11.7 Å². The van der Waals surface area contributed by atoms with E-state index in [0.717, 1.165) is 30.3 Å². The number of anilines is 1. The molecule has 0 aliphatic heterocycles. The van der Waals surface area contributed by atoms with Crippen molar-refractivity contribution in [2.24, 2.45) is 5.92 Å². The van der Waals surface area contributed by atoms with Gasteiger partial charge in [0, 0.05) is 26.2 Å². The van der Waals surface area contributed by atoms with E-state index in [9.17, 15) is 4.39 Å². The predicted molar refractivity (Wildman–Crippen MR) is 74.4 cm³/mol. The summed E-state index contributed by atoms with van der Waals surface area (Å²) < 4.78 is 14.0. The van der Waals surface area contributed by atoms with Crippen LogP contribution in [0.25, 0.3) is 0 Å². The average molecular weight is 250 g/mol. The minimum absolute atomic E-state index is 0.110. The molecule has 18 heavy (non-hydrogen) atoms. The minimum atomic E-state index is -0.110. The summed E-state index contributed by atoms with van der Waals surface area (Å²) in [7, 11) is 2.00. The van der Waals surface area contributed by atoms with Crippen molar-refractivity contribution in [2.75, 3.05) is 18.5 Å². The fourth-order valence-corrected chi connectivity index (χ4v) is 2.22. The fourth-order valence-electron chi connectivity index (χ4n) is 2.22. The van der Waals surface area contributed by atoms with Gasteiger partial charge in [-0.25, -0.2) is 4.39 Å². The molecule has 2 rings (SSSR count). The van der Waals surface area contributed by atoms with Crippen LogP contribution < -0.4 is 10.2 Å². The Morgan fingerprint density at radius 3 is 2.72 bits per heavy atom. The van der Waals surface area contributed by atoms with E-state index in [1.165, 1.54) is 12.8 Å². The van der Waals surface area contributed by atoms with E-state index in [2.05, 4.69) is 24.1 Å². The molecule has 1 fully saturated rings. The molecule has 1 aliphatic carbocycles.